The lowest BCUT2D eigenvalue weighted by Gasteiger charge is -2.33. The molecular weight excluding hydrogens is 348 g/mol. The van der Waals surface area contributed by atoms with Crippen LogP contribution in [0.25, 0.3) is 0 Å². The van der Waals surface area contributed by atoms with Crippen LogP contribution in [0, 0.1) is 5.92 Å². The first kappa shape index (κ1) is 19.0. The van der Waals surface area contributed by atoms with Crippen molar-refractivity contribution < 1.29 is 0 Å². The van der Waals surface area contributed by atoms with E-state index in [2.05, 4.69) is 134 Å². The summed E-state index contributed by atoms with van der Waals surface area (Å²) in [4.78, 5) is 0. The highest BCUT2D eigenvalue weighted by Crippen LogP contribution is 2.45. The van der Waals surface area contributed by atoms with E-state index in [-0.39, 0.29) is 11.8 Å². The molecule has 0 amide bonds. The zero-order chi connectivity index (χ0) is 19.9. The fraction of sp³-hybridized carbons (Fsp3) is 0.0690. The minimum Gasteiger partial charge on any atom is -0.102 e. The summed E-state index contributed by atoms with van der Waals surface area (Å²) in [5.74, 6) is 1.57. The molecule has 0 spiro atoms. The molecule has 4 rings (SSSR count). The molecule has 0 fully saturated rings. The molecule has 1 radical (unpaired) electrons. The molecule has 0 N–H and O–H groups in total. The van der Waals surface area contributed by atoms with Gasteiger partial charge in [0.2, 0.25) is 0 Å². The van der Waals surface area contributed by atoms with Crippen molar-refractivity contribution >= 4 is 0 Å². The van der Waals surface area contributed by atoms with Crippen molar-refractivity contribution in [1.82, 2.24) is 0 Å². The van der Waals surface area contributed by atoms with Crippen molar-refractivity contribution in [1.29, 1.82) is 0 Å². The van der Waals surface area contributed by atoms with Crippen molar-refractivity contribution in [3.05, 3.63) is 162 Å². The maximum Gasteiger partial charge on any atom is 0.0207 e. The second kappa shape index (κ2) is 9.21. The number of hydrogen-bond donors (Lipinski definition) is 0. The standard InChI is InChI=1S/C29H25/c1-2-27(28(23-15-7-3-8-16-23)24-17-9-4-10-18-24)29(25-19-11-5-12-20-25)26-21-13-6-14-22-26/h2-22,28-29H,1H2. The summed E-state index contributed by atoms with van der Waals surface area (Å²) in [5, 5.41) is 0. The second-order valence-corrected chi connectivity index (χ2v) is 7.21. The molecule has 0 aliphatic rings. The van der Waals surface area contributed by atoms with Crippen molar-refractivity contribution in [3.8, 4) is 0 Å². The fourth-order valence-electron chi connectivity index (χ4n) is 4.14. The third kappa shape index (κ3) is 4.22. The van der Waals surface area contributed by atoms with Crippen molar-refractivity contribution in [2.75, 3.05) is 0 Å². The van der Waals surface area contributed by atoms with E-state index in [9.17, 15) is 0 Å². The van der Waals surface area contributed by atoms with Gasteiger partial charge in [-0.05, 0) is 22.3 Å². The zero-order valence-corrected chi connectivity index (χ0v) is 16.5. The Morgan fingerprint density at radius 3 is 0.897 bits per heavy atom. The van der Waals surface area contributed by atoms with E-state index in [4.69, 9.17) is 0 Å². The van der Waals surface area contributed by atoms with E-state index in [0.29, 0.717) is 0 Å². The van der Waals surface area contributed by atoms with Crippen LogP contribution in [0.15, 0.2) is 134 Å². The molecule has 4 aromatic carbocycles. The monoisotopic (exact) mass is 373 g/mol. The van der Waals surface area contributed by atoms with Gasteiger partial charge in [0.05, 0.1) is 0 Å². The first-order valence-corrected chi connectivity index (χ1v) is 10.1. The molecule has 0 nitrogen and oxygen atoms in total. The predicted octanol–water partition coefficient (Wildman–Crippen LogP) is 7.41. The average Bonchev–Trinajstić information content (AvgIpc) is 2.81. The molecule has 0 heteroatoms. The Hall–Kier alpha value is -3.38. The van der Waals surface area contributed by atoms with Gasteiger partial charge in [0.25, 0.3) is 0 Å². The van der Waals surface area contributed by atoms with Gasteiger partial charge in [-0.15, -0.1) is 6.58 Å². The molecule has 141 valence electrons. The minimum atomic E-state index is 0.139. The molecule has 4 aromatic rings. The molecule has 0 aromatic heterocycles. The highest BCUT2D eigenvalue weighted by molar-refractivity contribution is 5.50. The van der Waals surface area contributed by atoms with E-state index in [1.165, 1.54) is 28.2 Å². The Morgan fingerprint density at radius 1 is 0.448 bits per heavy atom. The summed E-state index contributed by atoms with van der Waals surface area (Å²) in [6, 6.07) is 43.0. The second-order valence-electron chi connectivity index (χ2n) is 7.21. The van der Waals surface area contributed by atoms with Gasteiger partial charge in [-0.25, -0.2) is 0 Å². The van der Waals surface area contributed by atoms with Crippen LogP contribution in [-0.2, 0) is 0 Å². The molecule has 0 unspecified atom stereocenters. The maximum absolute atomic E-state index is 4.27. The average molecular weight is 374 g/mol. The van der Waals surface area contributed by atoms with Crippen molar-refractivity contribution in [2.45, 2.75) is 11.8 Å². The van der Waals surface area contributed by atoms with E-state index >= 15 is 0 Å². The fourth-order valence-corrected chi connectivity index (χ4v) is 4.14. The topological polar surface area (TPSA) is 0 Å². The lowest BCUT2D eigenvalue weighted by molar-refractivity contribution is 0.733. The number of allylic oxidation sites excluding steroid dienone is 1. The van der Waals surface area contributed by atoms with Crippen LogP contribution in [0.3, 0.4) is 0 Å². The SMILES string of the molecule is C=C[C](C(c1ccccc1)c1ccccc1)C(c1ccccc1)c1ccccc1. The van der Waals surface area contributed by atoms with Crippen LogP contribution >= 0.6 is 0 Å². The number of benzene rings is 4. The van der Waals surface area contributed by atoms with Crippen LogP contribution in [0.2, 0.25) is 0 Å². The molecule has 0 aliphatic heterocycles. The van der Waals surface area contributed by atoms with E-state index in [0.717, 1.165) is 0 Å². The zero-order valence-electron chi connectivity index (χ0n) is 16.5. The van der Waals surface area contributed by atoms with E-state index in [1.54, 1.807) is 0 Å². The molecular formula is C29H25. The first-order chi connectivity index (χ1) is 14.4. The largest absolute Gasteiger partial charge is 0.102 e. The van der Waals surface area contributed by atoms with Gasteiger partial charge < -0.3 is 0 Å². The molecule has 0 saturated heterocycles. The number of rotatable bonds is 7. The quantitative estimate of drug-likeness (QED) is 0.316. The summed E-state index contributed by atoms with van der Waals surface area (Å²) in [6.45, 7) is 4.27. The third-order valence-electron chi connectivity index (χ3n) is 5.43. The lowest BCUT2D eigenvalue weighted by atomic mass is 9.70. The van der Waals surface area contributed by atoms with Gasteiger partial charge in [0, 0.05) is 17.8 Å². The maximum atomic E-state index is 4.27. The molecule has 0 atom stereocenters. The smallest absolute Gasteiger partial charge is 0.0207 e. The molecule has 0 aliphatic carbocycles. The van der Waals surface area contributed by atoms with Gasteiger partial charge in [-0.3, -0.25) is 0 Å². The Kier molecular flexibility index (Phi) is 6.02. The third-order valence-corrected chi connectivity index (χ3v) is 5.43. The first-order valence-electron chi connectivity index (χ1n) is 10.1. The summed E-state index contributed by atoms with van der Waals surface area (Å²) >= 11 is 0. The van der Waals surface area contributed by atoms with Crippen molar-refractivity contribution in [2.24, 2.45) is 0 Å². The van der Waals surface area contributed by atoms with Crippen LogP contribution in [0.1, 0.15) is 34.1 Å². The summed E-state index contributed by atoms with van der Waals surface area (Å²) in [5.41, 5.74) is 5.13. The van der Waals surface area contributed by atoms with Gasteiger partial charge in [-0.2, -0.15) is 0 Å². The van der Waals surface area contributed by atoms with Gasteiger partial charge >= 0.3 is 0 Å². The summed E-state index contributed by atoms with van der Waals surface area (Å²) in [7, 11) is 0. The molecule has 29 heavy (non-hydrogen) atoms. The molecule has 0 heterocycles. The van der Waals surface area contributed by atoms with Gasteiger partial charge in [-0.1, -0.05) is 127 Å². The number of hydrogen-bond acceptors (Lipinski definition) is 0. The Bertz CT molecular complexity index is 843. The van der Waals surface area contributed by atoms with Crippen LogP contribution in [-0.4, -0.2) is 0 Å². The Morgan fingerprint density at radius 2 is 0.690 bits per heavy atom. The van der Waals surface area contributed by atoms with Crippen LogP contribution in [0.5, 0.6) is 0 Å². The van der Waals surface area contributed by atoms with Gasteiger partial charge in [0.1, 0.15) is 0 Å². The summed E-state index contributed by atoms with van der Waals surface area (Å²) in [6.07, 6.45) is 2.06. The molecule has 0 saturated carbocycles. The van der Waals surface area contributed by atoms with Gasteiger partial charge in [0.15, 0.2) is 0 Å². The van der Waals surface area contributed by atoms with Crippen molar-refractivity contribution in [3.63, 3.8) is 0 Å². The highest BCUT2D eigenvalue weighted by Gasteiger charge is 2.32. The van der Waals surface area contributed by atoms with Crippen LogP contribution < -0.4 is 0 Å². The molecule has 0 bridgehead atoms. The Balaban J connectivity index is 1.89. The Labute approximate surface area is 174 Å². The predicted molar refractivity (Wildman–Crippen MR) is 123 cm³/mol. The normalized spacial score (nSPS) is 11.1. The highest BCUT2D eigenvalue weighted by atomic mass is 14.3. The minimum absolute atomic E-state index is 0.139. The lowest BCUT2D eigenvalue weighted by Crippen LogP contribution is -2.19. The van der Waals surface area contributed by atoms with E-state index in [1.807, 2.05) is 0 Å². The van der Waals surface area contributed by atoms with E-state index < -0.39 is 0 Å². The summed E-state index contributed by atoms with van der Waals surface area (Å²) < 4.78 is 0. The van der Waals surface area contributed by atoms with Crippen LogP contribution in [0.4, 0.5) is 0 Å².